The predicted molar refractivity (Wildman–Crippen MR) is 75.4 cm³/mol. The number of benzene rings is 1. The van der Waals surface area contributed by atoms with E-state index in [1.165, 1.54) is 21.7 Å². The monoisotopic (exact) mass is 250 g/mol. The summed E-state index contributed by atoms with van der Waals surface area (Å²) < 4.78 is 0. The quantitative estimate of drug-likeness (QED) is 0.758. The fraction of sp³-hybridized carbons (Fsp3) is 0.462. The zero-order valence-electron chi connectivity index (χ0n) is 10.7. The van der Waals surface area contributed by atoms with Gasteiger partial charge >= 0.3 is 0 Å². The van der Waals surface area contributed by atoms with Crippen molar-refractivity contribution in [3.63, 3.8) is 0 Å². The molecule has 1 aromatic carbocycles. The third kappa shape index (κ3) is 2.58. The summed E-state index contributed by atoms with van der Waals surface area (Å²) in [6.45, 7) is 9.45. The number of rotatable bonds is 2. The molecule has 1 heterocycles. The number of anilines is 1. The van der Waals surface area contributed by atoms with Crippen molar-refractivity contribution in [3.8, 4) is 0 Å². The van der Waals surface area contributed by atoms with E-state index in [9.17, 15) is 0 Å². The molecule has 1 unspecified atom stereocenters. The van der Waals surface area contributed by atoms with Gasteiger partial charge in [0.05, 0.1) is 12.2 Å². The molecule has 1 atom stereocenters. The molecule has 0 saturated carbocycles. The molecular weight excluding hydrogens is 230 g/mol. The molecule has 0 spiro atoms. The van der Waals surface area contributed by atoms with Crippen LogP contribution < -0.4 is 15.1 Å². The Kier molecular flexibility index (Phi) is 3.64. The molecule has 17 heavy (non-hydrogen) atoms. The van der Waals surface area contributed by atoms with E-state index in [-0.39, 0.29) is 0 Å². The van der Waals surface area contributed by atoms with Crippen molar-refractivity contribution >= 4 is 23.0 Å². The summed E-state index contributed by atoms with van der Waals surface area (Å²) in [7, 11) is 0. The van der Waals surface area contributed by atoms with E-state index in [1.807, 2.05) is 0 Å². The molecule has 4 heteroatoms. The Morgan fingerprint density at radius 1 is 1.41 bits per heavy atom. The predicted octanol–water partition coefficient (Wildman–Crippen LogP) is 0.818. The van der Waals surface area contributed by atoms with E-state index < -0.39 is 0 Å². The maximum absolute atomic E-state index is 5.40. The standard InChI is InChI=1S/C13H19N3S/c1-4-15-8-14-13(17)16(9-15)12-6-5-10(2)7-11(12)3/h5-7H,4,8-9H2,1-3H3,(H,14,17)/p+1. The maximum atomic E-state index is 5.40. The molecule has 1 saturated heterocycles. The van der Waals surface area contributed by atoms with E-state index in [4.69, 9.17) is 12.2 Å². The van der Waals surface area contributed by atoms with Crippen molar-refractivity contribution in [2.45, 2.75) is 20.8 Å². The van der Waals surface area contributed by atoms with E-state index in [1.54, 1.807) is 0 Å². The molecule has 3 nitrogen and oxygen atoms in total. The maximum Gasteiger partial charge on any atom is 0.182 e. The van der Waals surface area contributed by atoms with Gasteiger partial charge in [-0.15, -0.1) is 0 Å². The normalized spacial score (nSPS) is 20.3. The molecule has 1 fully saturated rings. The third-order valence-corrected chi connectivity index (χ3v) is 3.62. The lowest BCUT2D eigenvalue weighted by Gasteiger charge is -2.35. The number of hydrogen-bond donors (Lipinski definition) is 2. The van der Waals surface area contributed by atoms with Gasteiger partial charge < -0.3 is 10.2 Å². The van der Waals surface area contributed by atoms with Crippen molar-refractivity contribution in [1.82, 2.24) is 5.32 Å². The van der Waals surface area contributed by atoms with Crippen molar-refractivity contribution < 1.29 is 4.90 Å². The van der Waals surface area contributed by atoms with Crippen molar-refractivity contribution in [2.75, 3.05) is 24.8 Å². The molecule has 0 aromatic heterocycles. The number of nitrogens with zero attached hydrogens (tertiary/aromatic N) is 1. The van der Waals surface area contributed by atoms with Crippen LogP contribution in [-0.4, -0.2) is 25.0 Å². The van der Waals surface area contributed by atoms with Crippen LogP contribution in [0.15, 0.2) is 18.2 Å². The van der Waals surface area contributed by atoms with Crippen LogP contribution in [0.3, 0.4) is 0 Å². The first-order chi connectivity index (χ1) is 8.11. The van der Waals surface area contributed by atoms with Crippen molar-refractivity contribution in [2.24, 2.45) is 0 Å². The van der Waals surface area contributed by atoms with Crippen LogP contribution in [0, 0.1) is 13.8 Å². The van der Waals surface area contributed by atoms with Crippen LogP contribution in [0.1, 0.15) is 18.1 Å². The van der Waals surface area contributed by atoms with E-state index >= 15 is 0 Å². The minimum Gasteiger partial charge on any atom is -0.315 e. The van der Waals surface area contributed by atoms with Crippen LogP contribution >= 0.6 is 12.2 Å². The molecule has 0 aliphatic carbocycles. The molecule has 1 aromatic rings. The Morgan fingerprint density at radius 3 is 2.82 bits per heavy atom. The Balaban J connectivity index is 2.27. The van der Waals surface area contributed by atoms with Crippen molar-refractivity contribution in [1.29, 1.82) is 0 Å². The number of nitrogens with one attached hydrogen (secondary N) is 2. The smallest absolute Gasteiger partial charge is 0.182 e. The van der Waals surface area contributed by atoms with Crippen LogP contribution in [-0.2, 0) is 0 Å². The summed E-state index contributed by atoms with van der Waals surface area (Å²) in [5.41, 5.74) is 3.80. The van der Waals surface area contributed by atoms with E-state index in [0.29, 0.717) is 0 Å². The van der Waals surface area contributed by atoms with Gasteiger partial charge in [0.15, 0.2) is 18.4 Å². The summed E-state index contributed by atoms with van der Waals surface area (Å²) in [5, 5.41) is 4.14. The van der Waals surface area contributed by atoms with Crippen molar-refractivity contribution in [3.05, 3.63) is 29.3 Å². The molecule has 0 bridgehead atoms. The molecule has 0 amide bonds. The third-order valence-electron chi connectivity index (χ3n) is 3.26. The summed E-state index contributed by atoms with van der Waals surface area (Å²) in [6, 6.07) is 6.51. The van der Waals surface area contributed by atoms with Gasteiger partial charge in [0, 0.05) is 0 Å². The van der Waals surface area contributed by atoms with Gasteiger partial charge in [0.25, 0.3) is 0 Å². The second-order valence-electron chi connectivity index (χ2n) is 4.64. The summed E-state index contributed by atoms with van der Waals surface area (Å²) in [4.78, 5) is 3.70. The molecule has 92 valence electrons. The van der Waals surface area contributed by atoms with E-state index in [0.717, 1.165) is 25.0 Å². The number of aryl methyl sites for hydroxylation is 2. The summed E-state index contributed by atoms with van der Waals surface area (Å²) in [5.74, 6) is 0. The minimum atomic E-state index is 0.842. The lowest BCUT2D eigenvalue weighted by Crippen LogP contribution is -3.17. The average molecular weight is 250 g/mol. The zero-order valence-corrected chi connectivity index (χ0v) is 11.5. The van der Waals surface area contributed by atoms with Crippen LogP contribution in [0.2, 0.25) is 0 Å². The highest BCUT2D eigenvalue weighted by Crippen LogP contribution is 2.20. The van der Waals surface area contributed by atoms with Gasteiger partial charge in [0.2, 0.25) is 0 Å². The molecule has 0 radical (unpaired) electrons. The Morgan fingerprint density at radius 2 is 2.18 bits per heavy atom. The highest BCUT2D eigenvalue weighted by molar-refractivity contribution is 7.80. The first-order valence-corrected chi connectivity index (χ1v) is 6.49. The highest BCUT2D eigenvalue weighted by atomic mass is 32.1. The second-order valence-corrected chi connectivity index (χ2v) is 5.03. The molecule has 1 aliphatic heterocycles. The zero-order chi connectivity index (χ0) is 12.4. The Bertz CT molecular complexity index is 431. The van der Waals surface area contributed by atoms with Gasteiger partial charge in [0.1, 0.15) is 0 Å². The fourth-order valence-electron chi connectivity index (χ4n) is 2.19. The van der Waals surface area contributed by atoms with Gasteiger partial charge in [-0.25, -0.2) is 0 Å². The lowest BCUT2D eigenvalue weighted by molar-refractivity contribution is -0.901. The van der Waals surface area contributed by atoms with Crippen LogP contribution in [0.25, 0.3) is 0 Å². The highest BCUT2D eigenvalue weighted by Gasteiger charge is 2.24. The first kappa shape index (κ1) is 12.3. The first-order valence-electron chi connectivity index (χ1n) is 6.08. The number of thiocarbonyl (C=S) groups is 1. The van der Waals surface area contributed by atoms with Crippen LogP contribution in [0.4, 0.5) is 5.69 Å². The van der Waals surface area contributed by atoms with E-state index in [2.05, 4.69) is 49.2 Å². The summed E-state index contributed by atoms with van der Waals surface area (Å²) in [6.07, 6.45) is 0. The molecular formula is C13H20N3S+. The number of hydrogen-bond acceptors (Lipinski definition) is 1. The Hall–Kier alpha value is -1.13. The lowest BCUT2D eigenvalue weighted by atomic mass is 10.1. The average Bonchev–Trinajstić information content (AvgIpc) is 2.30. The second kappa shape index (κ2) is 5.02. The number of quaternary nitrogens is 1. The van der Waals surface area contributed by atoms with Gasteiger partial charge in [-0.05, 0) is 44.6 Å². The minimum absolute atomic E-state index is 0.842. The topological polar surface area (TPSA) is 19.7 Å². The SMILES string of the molecule is CC[NH+]1CNC(=S)N(c2ccc(C)cc2C)C1. The molecule has 2 rings (SSSR count). The molecule has 1 aliphatic rings. The van der Waals surface area contributed by atoms with Gasteiger partial charge in [-0.1, -0.05) is 17.7 Å². The fourth-order valence-corrected chi connectivity index (χ4v) is 2.42. The Labute approximate surface area is 108 Å². The molecule has 2 N–H and O–H groups in total. The van der Waals surface area contributed by atoms with Gasteiger partial charge in [-0.2, -0.15) is 0 Å². The summed E-state index contributed by atoms with van der Waals surface area (Å²) >= 11 is 5.40. The van der Waals surface area contributed by atoms with Crippen LogP contribution in [0.5, 0.6) is 0 Å². The van der Waals surface area contributed by atoms with Gasteiger partial charge in [-0.3, -0.25) is 4.90 Å². The largest absolute Gasteiger partial charge is 0.315 e.